The van der Waals surface area contributed by atoms with Crippen LogP contribution in [0.3, 0.4) is 0 Å². The number of fused-ring (bicyclic) bond motifs is 1. The Morgan fingerprint density at radius 2 is 1.61 bits per heavy atom. The van der Waals surface area contributed by atoms with Gasteiger partial charge in [0, 0.05) is 29.9 Å². The summed E-state index contributed by atoms with van der Waals surface area (Å²) in [6.07, 6.45) is -7.82. The third-order valence-corrected chi connectivity index (χ3v) is 6.07. The van der Waals surface area contributed by atoms with Crippen molar-refractivity contribution in [2.24, 2.45) is 0 Å². The summed E-state index contributed by atoms with van der Waals surface area (Å²) in [5.41, 5.74) is -0.293. The van der Waals surface area contributed by atoms with E-state index in [4.69, 9.17) is 0 Å². The zero-order valence-electron chi connectivity index (χ0n) is 20.8. The highest BCUT2D eigenvalue weighted by Gasteiger charge is 2.35. The number of benzene rings is 1. The topological polar surface area (TPSA) is 53.9 Å². The molecule has 0 saturated carbocycles. The van der Waals surface area contributed by atoms with Gasteiger partial charge < -0.3 is 5.32 Å². The zero-order chi connectivity index (χ0) is 27.7. The maximum absolute atomic E-state index is 13.6. The van der Waals surface area contributed by atoms with Gasteiger partial charge >= 0.3 is 12.4 Å². The smallest absolute Gasteiger partial charge is 0.355 e. The molecule has 0 aliphatic rings. The standard InChI is InChI=1S/C27H25F6N5/c1-4-38(16(2)3)15-19-14-23(35-18-9-7-17(8-10-18)26(28,29)30)20-11-12-22(37-25(20)36-19)24-21(27(31,32)33)6-5-13-34-24/h5-14,16H,4,15H2,1-3H3,(H,35,36,37). The Kier molecular flexibility index (Phi) is 7.59. The summed E-state index contributed by atoms with van der Waals surface area (Å²) < 4.78 is 79.8. The van der Waals surface area contributed by atoms with Crippen LogP contribution in [0.25, 0.3) is 22.4 Å². The second-order valence-corrected chi connectivity index (χ2v) is 8.98. The number of alkyl halides is 6. The van der Waals surface area contributed by atoms with Crippen molar-refractivity contribution in [3.63, 3.8) is 0 Å². The molecule has 0 spiro atoms. The van der Waals surface area contributed by atoms with Crippen LogP contribution in [0.4, 0.5) is 37.7 Å². The molecule has 0 amide bonds. The quantitative estimate of drug-likeness (QED) is 0.247. The molecule has 1 N–H and O–H groups in total. The molecule has 5 nitrogen and oxygen atoms in total. The number of halogens is 6. The van der Waals surface area contributed by atoms with Gasteiger partial charge in [-0.3, -0.25) is 9.88 Å². The fourth-order valence-electron chi connectivity index (χ4n) is 4.08. The van der Waals surface area contributed by atoms with E-state index in [9.17, 15) is 26.3 Å². The maximum atomic E-state index is 13.6. The Bertz CT molecular complexity index is 1410. The second-order valence-electron chi connectivity index (χ2n) is 8.98. The van der Waals surface area contributed by atoms with Crippen molar-refractivity contribution in [1.82, 2.24) is 19.9 Å². The van der Waals surface area contributed by atoms with E-state index < -0.39 is 23.5 Å². The van der Waals surface area contributed by atoms with E-state index in [0.29, 0.717) is 29.0 Å². The van der Waals surface area contributed by atoms with Crippen molar-refractivity contribution in [3.8, 4) is 11.4 Å². The monoisotopic (exact) mass is 533 g/mol. The SMILES string of the molecule is CCN(Cc1cc(Nc2ccc(C(F)(F)F)cc2)c2ccc(-c3ncccc3C(F)(F)F)nc2n1)C(C)C. The van der Waals surface area contributed by atoms with E-state index in [1.54, 1.807) is 12.1 Å². The molecule has 3 aromatic heterocycles. The minimum absolute atomic E-state index is 0.00626. The highest BCUT2D eigenvalue weighted by atomic mass is 19.4. The summed E-state index contributed by atoms with van der Waals surface area (Å²) >= 11 is 0. The Hall–Kier alpha value is -3.73. The number of nitrogens with zero attached hydrogens (tertiary/aromatic N) is 4. The van der Waals surface area contributed by atoms with Crippen LogP contribution in [0.2, 0.25) is 0 Å². The lowest BCUT2D eigenvalue weighted by molar-refractivity contribution is -0.138. The van der Waals surface area contributed by atoms with Gasteiger partial charge in [-0.2, -0.15) is 26.3 Å². The first kappa shape index (κ1) is 27.3. The molecule has 0 bridgehead atoms. The van der Waals surface area contributed by atoms with Crippen LogP contribution in [-0.2, 0) is 18.9 Å². The summed E-state index contributed by atoms with van der Waals surface area (Å²) in [7, 11) is 0. The van der Waals surface area contributed by atoms with Crippen molar-refractivity contribution in [1.29, 1.82) is 0 Å². The molecule has 0 unspecified atom stereocenters. The van der Waals surface area contributed by atoms with E-state index in [1.807, 2.05) is 20.8 Å². The number of aromatic nitrogens is 3. The predicted octanol–water partition coefficient (Wildman–Crippen LogP) is 7.70. The highest BCUT2D eigenvalue weighted by molar-refractivity contribution is 5.92. The Morgan fingerprint density at radius 3 is 2.21 bits per heavy atom. The molecule has 4 rings (SSSR count). The normalized spacial score (nSPS) is 12.5. The molecule has 4 aromatic rings. The molecule has 1 aromatic carbocycles. The lowest BCUT2D eigenvalue weighted by atomic mass is 10.1. The zero-order valence-corrected chi connectivity index (χ0v) is 20.8. The number of rotatable bonds is 7. The number of nitrogens with one attached hydrogen (secondary N) is 1. The first-order valence-electron chi connectivity index (χ1n) is 11.9. The highest BCUT2D eigenvalue weighted by Crippen LogP contribution is 2.36. The molecule has 3 heterocycles. The van der Waals surface area contributed by atoms with Crippen LogP contribution in [-0.4, -0.2) is 32.4 Å². The Balaban J connectivity index is 1.82. The summed E-state index contributed by atoms with van der Waals surface area (Å²) in [4.78, 5) is 15.1. The van der Waals surface area contributed by atoms with Crippen LogP contribution in [0.5, 0.6) is 0 Å². The summed E-state index contributed by atoms with van der Waals surface area (Å²) in [6.45, 7) is 7.23. The van der Waals surface area contributed by atoms with Crippen molar-refractivity contribution in [2.75, 3.05) is 11.9 Å². The Labute approximate surface area is 215 Å². The van der Waals surface area contributed by atoms with Crippen molar-refractivity contribution in [2.45, 2.75) is 45.7 Å². The third kappa shape index (κ3) is 6.04. The van der Waals surface area contributed by atoms with Crippen molar-refractivity contribution < 1.29 is 26.3 Å². The molecule has 0 saturated heterocycles. The van der Waals surface area contributed by atoms with E-state index in [0.717, 1.165) is 24.7 Å². The van der Waals surface area contributed by atoms with Crippen LogP contribution in [0.15, 0.2) is 60.8 Å². The van der Waals surface area contributed by atoms with Gasteiger partial charge in [0.15, 0.2) is 5.65 Å². The van der Waals surface area contributed by atoms with Crippen LogP contribution >= 0.6 is 0 Å². The number of anilines is 2. The van der Waals surface area contributed by atoms with E-state index >= 15 is 0 Å². The van der Waals surface area contributed by atoms with Gasteiger partial charge in [0.2, 0.25) is 0 Å². The molecule has 38 heavy (non-hydrogen) atoms. The lowest BCUT2D eigenvalue weighted by Gasteiger charge is -2.24. The third-order valence-electron chi connectivity index (χ3n) is 6.07. The van der Waals surface area contributed by atoms with E-state index in [1.165, 1.54) is 30.5 Å². The number of pyridine rings is 3. The summed E-state index contributed by atoms with van der Waals surface area (Å²) in [5, 5.41) is 3.61. The average molecular weight is 534 g/mol. The summed E-state index contributed by atoms with van der Waals surface area (Å²) in [5.74, 6) is 0. The molecule has 11 heteroatoms. The molecule has 200 valence electrons. The van der Waals surface area contributed by atoms with Gasteiger partial charge in [-0.25, -0.2) is 9.97 Å². The average Bonchev–Trinajstić information content (AvgIpc) is 2.86. The molecule has 0 fully saturated rings. The number of hydrogen-bond acceptors (Lipinski definition) is 5. The predicted molar refractivity (Wildman–Crippen MR) is 134 cm³/mol. The fourth-order valence-corrected chi connectivity index (χ4v) is 4.08. The van der Waals surface area contributed by atoms with Crippen LogP contribution < -0.4 is 5.32 Å². The van der Waals surface area contributed by atoms with Crippen LogP contribution in [0, 0.1) is 0 Å². The van der Waals surface area contributed by atoms with Crippen LogP contribution in [0.1, 0.15) is 37.6 Å². The minimum atomic E-state index is -4.62. The Morgan fingerprint density at radius 1 is 0.895 bits per heavy atom. The van der Waals surface area contributed by atoms with Gasteiger partial charge in [0.25, 0.3) is 0 Å². The molecule has 0 aliphatic heterocycles. The van der Waals surface area contributed by atoms with Crippen molar-refractivity contribution >= 4 is 22.4 Å². The van der Waals surface area contributed by atoms with Gasteiger partial charge in [-0.05, 0) is 75.0 Å². The second kappa shape index (κ2) is 10.6. The van der Waals surface area contributed by atoms with E-state index in [-0.39, 0.29) is 23.1 Å². The van der Waals surface area contributed by atoms with Gasteiger partial charge in [0.05, 0.1) is 28.2 Å². The molecule has 0 atom stereocenters. The largest absolute Gasteiger partial charge is 0.418 e. The van der Waals surface area contributed by atoms with E-state index in [2.05, 4.69) is 25.2 Å². The molecule has 0 radical (unpaired) electrons. The first-order valence-corrected chi connectivity index (χ1v) is 11.9. The molecular weight excluding hydrogens is 508 g/mol. The molecular formula is C27H25F6N5. The summed E-state index contributed by atoms with van der Waals surface area (Å²) in [6, 6.07) is 11.7. The first-order chi connectivity index (χ1) is 17.9. The maximum Gasteiger partial charge on any atom is 0.418 e. The fraction of sp³-hybridized carbons (Fsp3) is 0.296. The minimum Gasteiger partial charge on any atom is -0.355 e. The van der Waals surface area contributed by atoms with Gasteiger partial charge in [0.1, 0.15) is 5.69 Å². The molecule has 0 aliphatic carbocycles. The number of hydrogen-bond donors (Lipinski definition) is 1. The lowest BCUT2D eigenvalue weighted by Crippen LogP contribution is -2.30. The van der Waals surface area contributed by atoms with Crippen molar-refractivity contribution in [3.05, 3.63) is 77.6 Å². The van der Waals surface area contributed by atoms with Gasteiger partial charge in [-0.1, -0.05) is 6.92 Å². The van der Waals surface area contributed by atoms with Gasteiger partial charge in [-0.15, -0.1) is 0 Å².